The zero-order valence-electron chi connectivity index (χ0n) is 18.9. The molecule has 0 atom stereocenters. The van der Waals surface area contributed by atoms with Crippen LogP contribution in [0.2, 0.25) is 0 Å². The van der Waals surface area contributed by atoms with Crippen LogP contribution in [0.5, 0.6) is 0 Å². The molecule has 1 aliphatic heterocycles. The highest BCUT2D eigenvalue weighted by Crippen LogP contribution is 2.15. The summed E-state index contributed by atoms with van der Waals surface area (Å²) in [6.45, 7) is 5.36. The van der Waals surface area contributed by atoms with Crippen molar-refractivity contribution >= 4 is 5.91 Å². The average molecular weight is 382 g/mol. The number of amides is 1. The molecule has 27 heavy (non-hydrogen) atoms. The van der Waals surface area contributed by atoms with Crippen molar-refractivity contribution in [2.75, 3.05) is 33.9 Å². The van der Waals surface area contributed by atoms with Crippen LogP contribution in [-0.4, -0.2) is 49.1 Å². The highest BCUT2D eigenvalue weighted by molar-refractivity contribution is 5.76. The third-order valence-corrected chi connectivity index (χ3v) is 6.09. The van der Waals surface area contributed by atoms with Crippen LogP contribution in [0.3, 0.4) is 0 Å². The number of carbonyl (C=O) groups is 1. The van der Waals surface area contributed by atoms with Crippen LogP contribution in [-0.2, 0) is 4.79 Å². The van der Waals surface area contributed by atoms with Crippen LogP contribution in [0.15, 0.2) is 0 Å². The SMILES string of the molecule is CCCCCCCCCCCCCCCC[N+](C)(C)CN1CCCCC1=O. The Morgan fingerprint density at radius 3 is 1.70 bits per heavy atom. The van der Waals surface area contributed by atoms with E-state index in [2.05, 4.69) is 25.9 Å². The van der Waals surface area contributed by atoms with Gasteiger partial charge in [-0.15, -0.1) is 0 Å². The summed E-state index contributed by atoms with van der Waals surface area (Å²) >= 11 is 0. The van der Waals surface area contributed by atoms with Gasteiger partial charge in [-0.1, -0.05) is 84.0 Å². The third-order valence-electron chi connectivity index (χ3n) is 6.09. The predicted octanol–water partition coefficient (Wildman–Crippen LogP) is 6.51. The fourth-order valence-corrected chi connectivity index (χ4v) is 4.28. The van der Waals surface area contributed by atoms with E-state index in [0.29, 0.717) is 5.91 Å². The van der Waals surface area contributed by atoms with Gasteiger partial charge in [0, 0.05) is 13.0 Å². The Hall–Kier alpha value is -0.570. The molecule has 3 nitrogen and oxygen atoms in total. The van der Waals surface area contributed by atoms with Gasteiger partial charge in [-0.2, -0.15) is 0 Å². The molecule has 1 aliphatic rings. The monoisotopic (exact) mass is 381 g/mol. The van der Waals surface area contributed by atoms with Gasteiger partial charge in [0.2, 0.25) is 5.91 Å². The smallest absolute Gasteiger partial charge is 0.226 e. The minimum Gasteiger partial charge on any atom is -0.311 e. The van der Waals surface area contributed by atoms with Crippen molar-refractivity contribution in [2.24, 2.45) is 0 Å². The maximum Gasteiger partial charge on any atom is 0.226 e. The Morgan fingerprint density at radius 1 is 0.741 bits per heavy atom. The zero-order chi connectivity index (χ0) is 19.8. The van der Waals surface area contributed by atoms with Crippen molar-refractivity contribution in [1.29, 1.82) is 0 Å². The number of quaternary nitrogens is 1. The molecule has 0 spiro atoms. The summed E-state index contributed by atoms with van der Waals surface area (Å²) in [6, 6.07) is 0. The van der Waals surface area contributed by atoms with Gasteiger partial charge in [-0.05, 0) is 25.7 Å². The maximum absolute atomic E-state index is 12.0. The van der Waals surface area contributed by atoms with Crippen LogP contribution in [0, 0.1) is 0 Å². The topological polar surface area (TPSA) is 20.3 Å². The second kappa shape index (κ2) is 15.4. The van der Waals surface area contributed by atoms with Crippen LogP contribution in [0.25, 0.3) is 0 Å². The lowest BCUT2D eigenvalue weighted by Crippen LogP contribution is -2.52. The van der Waals surface area contributed by atoms with Gasteiger partial charge < -0.3 is 4.48 Å². The van der Waals surface area contributed by atoms with Crippen LogP contribution >= 0.6 is 0 Å². The average Bonchev–Trinajstić information content (AvgIpc) is 2.64. The molecule has 0 radical (unpaired) electrons. The molecular formula is C24H49N2O+. The molecule has 0 N–H and O–H groups in total. The molecule has 1 heterocycles. The summed E-state index contributed by atoms with van der Waals surface area (Å²) < 4.78 is 0.962. The third kappa shape index (κ3) is 13.3. The first-order chi connectivity index (χ1) is 13.0. The summed E-state index contributed by atoms with van der Waals surface area (Å²) in [4.78, 5) is 14.1. The number of carbonyl (C=O) groups excluding carboxylic acids is 1. The van der Waals surface area contributed by atoms with Gasteiger partial charge in [0.25, 0.3) is 0 Å². The molecule has 1 rings (SSSR count). The van der Waals surface area contributed by atoms with Gasteiger partial charge in [0.15, 0.2) is 6.67 Å². The van der Waals surface area contributed by atoms with Crippen molar-refractivity contribution < 1.29 is 9.28 Å². The molecule has 1 amide bonds. The summed E-state index contributed by atoms with van der Waals surface area (Å²) in [7, 11) is 4.56. The Balaban J connectivity index is 1.88. The van der Waals surface area contributed by atoms with Crippen molar-refractivity contribution in [2.45, 2.75) is 116 Å². The highest BCUT2D eigenvalue weighted by atomic mass is 16.2. The lowest BCUT2D eigenvalue weighted by molar-refractivity contribution is -0.899. The number of nitrogens with zero attached hydrogens (tertiary/aromatic N) is 2. The molecule has 0 aromatic carbocycles. The minimum absolute atomic E-state index is 0.369. The molecule has 0 aliphatic carbocycles. The molecular weight excluding hydrogens is 332 g/mol. The maximum atomic E-state index is 12.0. The molecule has 160 valence electrons. The quantitative estimate of drug-likeness (QED) is 0.208. The van der Waals surface area contributed by atoms with Crippen LogP contribution in [0.4, 0.5) is 0 Å². The van der Waals surface area contributed by atoms with Gasteiger partial charge >= 0.3 is 0 Å². The zero-order valence-corrected chi connectivity index (χ0v) is 18.9. The Labute approximate surface area is 170 Å². The molecule has 3 heteroatoms. The number of likely N-dealkylation sites (tertiary alicyclic amines) is 1. The molecule has 0 saturated carbocycles. The van der Waals surface area contributed by atoms with Crippen molar-refractivity contribution in [3.8, 4) is 0 Å². The molecule has 0 unspecified atom stereocenters. The molecule has 0 aromatic rings. The number of piperidine rings is 1. The van der Waals surface area contributed by atoms with Crippen LogP contribution < -0.4 is 0 Å². The summed E-state index contributed by atoms with van der Waals surface area (Å²) in [6.07, 6.45) is 22.8. The molecule has 0 aromatic heterocycles. The van der Waals surface area contributed by atoms with Crippen molar-refractivity contribution in [3.05, 3.63) is 0 Å². The number of hydrogen-bond donors (Lipinski definition) is 0. The lowest BCUT2D eigenvalue weighted by Gasteiger charge is -2.37. The van der Waals surface area contributed by atoms with Gasteiger partial charge in [0.05, 0.1) is 20.6 Å². The largest absolute Gasteiger partial charge is 0.311 e. The molecule has 1 saturated heterocycles. The predicted molar refractivity (Wildman–Crippen MR) is 118 cm³/mol. The Morgan fingerprint density at radius 2 is 1.22 bits per heavy atom. The van der Waals surface area contributed by atoms with E-state index in [9.17, 15) is 4.79 Å². The second-order valence-electron chi connectivity index (χ2n) is 9.51. The van der Waals surface area contributed by atoms with E-state index in [-0.39, 0.29) is 0 Å². The molecule has 1 fully saturated rings. The van der Waals surface area contributed by atoms with E-state index >= 15 is 0 Å². The van der Waals surface area contributed by atoms with Gasteiger partial charge in [-0.25, -0.2) is 0 Å². The minimum atomic E-state index is 0.369. The second-order valence-corrected chi connectivity index (χ2v) is 9.51. The van der Waals surface area contributed by atoms with E-state index < -0.39 is 0 Å². The van der Waals surface area contributed by atoms with Gasteiger partial charge in [-0.3, -0.25) is 9.69 Å². The first-order valence-electron chi connectivity index (χ1n) is 12.1. The van der Waals surface area contributed by atoms with Crippen molar-refractivity contribution in [3.63, 3.8) is 0 Å². The van der Waals surface area contributed by atoms with Crippen LogP contribution in [0.1, 0.15) is 116 Å². The fraction of sp³-hybridized carbons (Fsp3) is 0.958. The summed E-state index contributed by atoms with van der Waals surface area (Å²) in [5, 5.41) is 0. The Kier molecular flexibility index (Phi) is 13.9. The number of rotatable bonds is 17. The van der Waals surface area contributed by atoms with E-state index in [4.69, 9.17) is 0 Å². The highest BCUT2D eigenvalue weighted by Gasteiger charge is 2.25. The van der Waals surface area contributed by atoms with E-state index in [1.807, 2.05) is 0 Å². The summed E-state index contributed by atoms with van der Waals surface area (Å²) in [5.41, 5.74) is 0. The number of hydrogen-bond acceptors (Lipinski definition) is 1. The van der Waals surface area contributed by atoms with E-state index in [1.54, 1.807) is 0 Å². The Bertz CT molecular complexity index is 367. The van der Waals surface area contributed by atoms with E-state index in [1.165, 1.54) is 103 Å². The fourth-order valence-electron chi connectivity index (χ4n) is 4.28. The van der Waals surface area contributed by atoms with Gasteiger partial charge in [0.1, 0.15) is 0 Å². The van der Waals surface area contributed by atoms with E-state index in [0.717, 1.165) is 30.5 Å². The molecule has 0 bridgehead atoms. The first kappa shape index (κ1) is 24.5. The first-order valence-corrected chi connectivity index (χ1v) is 12.1. The summed E-state index contributed by atoms with van der Waals surface area (Å²) in [5.74, 6) is 0.369. The standard InChI is InChI=1S/C24H49N2O/c1-4-5-6-7-8-9-10-11-12-13-14-15-16-19-22-26(2,3)23-25-21-18-17-20-24(25)27/h4-23H2,1-3H3/q+1. The lowest BCUT2D eigenvalue weighted by atomic mass is 10.0. The van der Waals surface area contributed by atoms with Crippen molar-refractivity contribution in [1.82, 2.24) is 4.90 Å². The number of unbranched alkanes of at least 4 members (excludes halogenated alkanes) is 13. The normalized spacial score (nSPS) is 15.5.